The molecule has 0 atom stereocenters. The van der Waals surface area contributed by atoms with Crippen molar-refractivity contribution >= 4 is 11.4 Å². The zero-order valence-corrected chi connectivity index (χ0v) is 20.7. The van der Waals surface area contributed by atoms with E-state index in [-0.39, 0.29) is 0 Å². The lowest BCUT2D eigenvalue weighted by Gasteiger charge is -2.21. The Balaban J connectivity index is 1.55. The molecular weight excluding hydrogens is 414 g/mol. The van der Waals surface area contributed by atoms with Crippen molar-refractivity contribution in [2.24, 2.45) is 0 Å². The van der Waals surface area contributed by atoms with Gasteiger partial charge >= 0.3 is 0 Å². The topological polar surface area (TPSA) is 37.0 Å². The lowest BCUT2D eigenvalue weighted by Crippen LogP contribution is -2.09. The minimum absolute atomic E-state index is 0.462. The van der Waals surface area contributed by atoms with Gasteiger partial charge in [-0.2, -0.15) is 0 Å². The van der Waals surface area contributed by atoms with Gasteiger partial charge in [-0.3, -0.25) is 4.98 Å². The zero-order chi connectivity index (χ0) is 23.9. The van der Waals surface area contributed by atoms with E-state index in [1.807, 2.05) is 6.07 Å². The Labute approximate surface area is 204 Å². The first-order chi connectivity index (χ1) is 16.5. The Bertz CT molecular complexity index is 1190. The summed E-state index contributed by atoms with van der Waals surface area (Å²) in [5.41, 5.74) is 9.54. The molecule has 4 rings (SSSR count). The highest BCUT2D eigenvalue weighted by Gasteiger charge is 2.14. The van der Waals surface area contributed by atoms with E-state index in [0.29, 0.717) is 18.4 Å². The van der Waals surface area contributed by atoms with Crippen LogP contribution >= 0.6 is 0 Å². The summed E-state index contributed by atoms with van der Waals surface area (Å²) in [4.78, 5) is 5.03. The minimum atomic E-state index is 0.462. The number of pyridine rings is 1. The van der Waals surface area contributed by atoms with Gasteiger partial charge in [-0.15, -0.1) is 0 Å². The molecule has 0 saturated carbocycles. The van der Waals surface area contributed by atoms with E-state index < -0.39 is 0 Å². The minimum Gasteiger partial charge on any atom is -0.381 e. The number of rotatable bonds is 9. The second-order valence-electron chi connectivity index (χ2n) is 9.37. The van der Waals surface area contributed by atoms with Gasteiger partial charge in [0.1, 0.15) is 0 Å². The van der Waals surface area contributed by atoms with Crippen LogP contribution < -0.4 is 10.6 Å². The summed E-state index contributed by atoms with van der Waals surface area (Å²) in [6.07, 6.45) is 0. The van der Waals surface area contributed by atoms with Crippen molar-refractivity contribution in [3.8, 4) is 11.3 Å². The molecule has 0 aliphatic carbocycles. The van der Waals surface area contributed by atoms with Crippen molar-refractivity contribution in [1.29, 1.82) is 0 Å². The summed E-state index contributed by atoms with van der Waals surface area (Å²) >= 11 is 0. The van der Waals surface area contributed by atoms with Crippen LogP contribution in [0.25, 0.3) is 11.3 Å². The van der Waals surface area contributed by atoms with Crippen molar-refractivity contribution < 1.29 is 0 Å². The lowest BCUT2D eigenvalue weighted by molar-refractivity contribution is 0.831. The van der Waals surface area contributed by atoms with Gasteiger partial charge < -0.3 is 10.6 Å². The molecule has 174 valence electrons. The molecule has 0 amide bonds. The molecule has 3 heteroatoms. The van der Waals surface area contributed by atoms with Crippen LogP contribution in [0.5, 0.6) is 0 Å². The highest BCUT2D eigenvalue weighted by Crippen LogP contribution is 2.33. The van der Waals surface area contributed by atoms with E-state index in [1.165, 1.54) is 27.9 Å². The van der Waals surface area contributed by atoms with Crippen LogP contribution in [0, 0.1) is 0 Å². The summed E-state index contributed by atoms with van der Waals surface area (Å²) in [6, 6.07) is 31.8. The van der Waals surface area contributed by atoms with Gasteiger partial charge in [0.25, 0.3) is 0 Å². The maximum Gasteiger partial charge on any atom is 0.0709 e. The summed E-state index contributed by atoms with van der Waals surface area (Å²) in [5.74, 6) is 0.925. The van der Waals surface area contributed by atoms with E-state index in [9.17, 15) is 0 Å². The maximum atomic E-state index is 5.03. The Hall–Kier alpha value is -3.59. The average molecular weight is 450 g/mol. The summed E-state index contributed by atoms with van der Waals surface area (Å²) in [6.45, 7) is 10.5. The first kappa shape index (κ1) is 23.6. The van der Waals surface area contributed by atoms with Gasteiger partial charge in [0.05, 0.1) is 17.9 Å². The highest BCUT2D eigenvalue weighted by atomic mass is 14.9. The van der Waals surface area contributed by atoms with Crippen molar-refractivity contribution in [3.05, 3.63) is 113 Å². The van der Waals surface area contributed by atoms with Crippen molar-refractivity contribution in [2.45, 2.75) is 52.6 Å². The van der Waals surface area contributed by atoms with E-state index in [4.69, 9.17) is 4.98 Å². The number of nitrogens with zero attached hydrogens (tertiary/aromatic N) is 1. The van der Waals surface area contributed by atoms with Gasteiger partial charge in [-0.05, 0) is 52.8 Å². The number of aromatic nitrogens is 1. The summed E-state index contributed by atoms with van der Waals surface area (Å²) in [5, 5.41) is 7.25. The van der Waals surface area contributed by atoms with E-state index in [2.05, 4.69) is 123 Å². The molecule has 0 unspecified atom stereocenters. The lowest BCUT2D eigenvalue weighted by atomic mass is 9.92. The van der Waals surface area contributed by atoms with Crippen LogP contribution in [-0.4, -0.2) is 4.98 Å². The second kappa shape index (κ2) is 11.0. The number of anilines is 2. The zero-order valence-electron chi connectivity index (χ0n) is 20.7. The Morgan fingerprint density at radius 1 is 0.618 bits per heavy atom. The molecule has 0 radical (unpaired) electrons. The molecule has 3 nitrogen and oxygen atoms in total. The number of nitrogens with one attached hydrogen (secondary N) is 2. The van der Waals surface area contributed by atoms with Gasteiger partial charge in [-0.25, -0.2) is 0 Å². The predicted molar refractivity (Wildman–Crippen MR) is 145 cm³/mol. The molecule has 0 bridgehead atoms. The van der Waals surface area contributed by atoms with Gasteiger partial charge in [0.2, 0.25) is 0 Å². The largest absolute Gasteiger partial charge is 0.381 e. The van der Waals surface area contributed by atoms with Crippen LogP contribution in [0.15, 0.2) is 91.0 Å². The fourth-order valence-electron chi connectivity index (χ4n) is 4.34. The molecule has 1 heterocycles. The third kappa shape index (κ3) is 5.66. The quantitative estimate of drug-likeness (QED) is 0.270. The van der Waals surface area contributed by atoms with Crippen molar-refractivity contribution in [2.75, 3.05) is 10.6 Å². The summed E-state index contributed by atoms with van der Waals surface area (Å²) < 4.78 is 0. The maximum absolute atomic E-state index is 5.03. The number of hydrogen-bond acceptors (Lipinski definition) is 3. The van der Waals surface area contributed by atoms with Crippen LogP contribution in [0.1, 0.15) is 61.9 Å². The second-order valence-corrected chi connectivity index (χ2v) is 9.37. The Morgan fingerprint density at radius 3 is 1.97 bits per heavy atom. The van der Waals surface area contributed by atoms with E-state index in [1.54, 1.807) is 0 Å². The third-order valence-electron chi connectivity index (χ3n) is 6.18. The van der Waals surface area contributed by atoms with Crippen LogP contribution in [-0.2, 0) is 13.1 Å². The number of hydrogen-bond donors (Lipinski definition) is 2. The van der Waals surface area contributed by atoms with Crippen LogP contribution in [0.2, 0.25) is 0 Å². The third-order valence-corrected chi connectivity index (χ3v) is 6.18. The molecule has 0 spiro atoms. The SMILES string of the molecule is CC(C)c1cccc(C(C)C)c1NCc1cccc(-c2ccccc2CNc2ccccc2)n1. The Morgan fingerprint density at radius 2 is 1.26 bits per heavy atom. The molecule has 3 aromatic carbocycles. The smallest absolute Gasteiger partial charge is 0.0709 e. The predicted octanol–water partition coefficient (Wildman–Crippen LogP) is 8.22. The number of benzene rings is 3. The molecule has 1 aromatic heterocycles. The fourth-order valence-corrected chi connectivity index (χ4v) is 4.34. The summed E-state index contributed by atoms with van der Waals surface area (Å²) in [7, 11) is 0. The highest BCUT2D eigenvalue weighted by molar-refractivity contribution is 5.65. The normalized spacial score (nSPS) is 11.1. The molecule has 0 fully saturated rings. The van der Waals surface area contributed by atoms with Crippen LogP contribution in [0.3, 0.4) is 0 Å². The molecular formula is C31H35N3. The first-order valence-corrected chi connectivity index (χ1v) is 12.2. The van der Waals surface area contributed by atoms with Crippen molar-refractivity contribution in [1.82, 2.24) is 4.98 Å². The first-order valence-electron chi connectivity index (χ1n) is 12.2. The van der Waals surface area contributed by atoms with Gasteiger partial charge in [0, 0.05) is 23.5 Å². The molecule has 34 heavy (non-hydrogen) atoms. The molecule has 0 aliphatic heterocycles. The molecule has 0 saturated heterocycles. The van der Waals surface area contributed by atoms with E-state index in [0.717, 1.165) is 23.6 Å². The van der Waals surface area contributed by atoms with Crippen LogP contribution in [0.4, 0.5) is 11.4 Å². The van der Waals surface area contributed by atoms with Gasteiger partial charge in [-0.1, -0.05) is 94.4 Å². The average Bonchev–Trinajstić information content (AvgIpc) is 2.87. The molecule has 4 aromatic rings. The van der Waals surface area contributed by atoms with Gasteiger partial charge in [0.15, 0.2) is 0 Å². The molecule has 2 N–H and O–H groups in total. The fraction of sp³-hybridized carbons (Fsp3) is 0.258. The molecule has 0 aliphatic rings. The van der Waals surface area contributed by atoms with Crippen molar-refractivity contribution in [3.63, 3.8) is 0 Å². The monoisotopic (exact) mass is 449 g/mol. The number of para-hydroxylation sites is 2. The Kier molecular flexibility index (Phi) is 7.64. The van der Waals surface area contributed by atoms with E-state index >= 15 is 0 Å². The standard InChI is InChI=1S/C31H35N3/c1-22(2)27-17-11-18-28(23(3)4)31(27)33-21-26-15-10-19-30(34-26)29-16-9-8-12-24(29)20-32-25-13-6-5-7-14-25/h5-19,22-23,32-33H,20-21H2,1-4H3.